The molecule has 1 aliphatic carbocycles. The monoisotopic (exact) mass is 282 g/mol. The van der Waals surface area contributed by atoms with Crippen LogP contribution in [0.4, 0.5) is 0 Å². The van der Waals surface area contributed by atoms with Gasteiger partial charge in [0.2, 0.25) is 0 Å². The van der Waals surface area contributed by atoms with Crippen LogP contribution in [0.15, 0.2) is 34.7 Å². The maximum atomic E-state index is 6.16. The number of quaternary nitrogens is 1. The first-order chi connectivity index (χ1) is 8.72. The summed E-state index contributed by atoms with van der Waals surface area (Å²) in [4.78, 5) is 0. The summed E-state index contributed by atoms with van der Waals surface area (Å²) in [6, 6.07) is 10.2. The summed E-state index contributed by atoms with van der Waals surface area (Å²) >= 11 is 12.0. The first-order valence-corrected chi connectivity index (χ1v) is 6.85. The Balaban J connectivity index is 1.78. The lowest BCUT2D eigenvalue weighted by atomic mass is 10.2. The Hall–Kier alpha value is -0.960. The van der Waals surface area contributed by atoms with Gasteiger partial charge in [0.05, 0.1) is 11.1 Å². The van der Waals surface area contributed by atoms with E-state index in [1.54, 1.807) is 6.07 Å². The van der Waals surface area contributed by atoms with Crippen molar-refractivity contribution in [1.82, 2.24) is 0 Å². The number of hydrogen-bond donors (Lipinski definition) is 1. The van der Waals surface area contributed by atoms with Gasteiger partial charge in [-0.1, -0.05) is 23.2 Å². The average molecular weight is 283 g/mol. The van der Waals surface area contributed by atoms with Gasteiger partial charge in [-0.15, -0.1) is 0 Å². The van der Waals surface area contributed by atoms with E-state index in [1.807, 2.05) is 24.3 Å². The van der Waals surface area contributed by atoms with E-state index in [0.717, 1.165) is 29.7 Å². The number of halogens is 2. The summed E-state index contributed by atoms with van der Waals surface area (Å²) in [7, 11) is 0. The van der Waals surface area contributed by atoms with Crippen molar-refractivity contribution in [3.8, 4) is 11.3 Å². The first kappa shape index (κ1) is 12.1. The predicted octanol–water partition coefficient (Wildman–Crippen LogP) is 3.48. The molecule has 2 nitrogen and oxygen atoms in total. The van der Waals surface area contributed by atoms with Crippen LogP contribution < -0.4 is 5.32 Å². The molecule has 0 radical (unpaired) electrons. The van der Waals surface area contributed by atoms with Crippen LogP contribution in [-0.4, -0.2) is 6.04 Å². The van der Waals surface area contributed by atoms with Crippen LogP contribution in [-0.2, 0) is 6.54 Å². The highest BCUT2D eigenvalue weighted by molar-refractivity contribution is 6.36. The van der Waals surface area contributed by atoms with Crippen molar-refractivity contribution in [2.45, 2.75) is 25.4 Å². The molecule has 0 bridgehead atoms. The van der Waals surface area contributed by atoms with Crippen molar-refractivity contribution in [3.63, 3.8) is 0 Å². The highest BCUT2D eigenvalue weighted by atomic mass is 35.5. The van der Waals surface area contributed by atoms with Gasteiger partial charge in [0.15, 0.2) is 5.76 Å². The molecule has 18 heavy (non-hydrogen) atoms. The van der Waals surface area contributed by atoms with Crippen LogP contribution in [0, 0.1) is 0 Å². The van der Waals surface area contributed by atoms with Gasteiger partial charge in [-0.3, -0.25) is 0 Å². The van der Waals surface area contributed by atoms with E-state index >= 15 is 0 Å². The lowest BCUT2D eigenvalue weighted by Crippen LogP contribution is -2.84. The van der Waals surface area contributed by atoms with E-state index < -0.39 is 0 Å². The molecular formula is C14H14Cl2NO+. The molecule has 0 unspecified atom stereocenters. The number of nitrogens with two attached hydrogens (primary N) is 1. The third kappa shape index (κ3) is 2.72. The van der Waals surface area contributed by atoms with Crippen molar-refractivity contribution in [2.75, 3.05) is 0 Å². The van der Waals surface area contributed by atoms with Gasteiger partial charge in [-0.05, 0) is 30.3 Å². The molecule has 2 aromatic rings. The molecule has 1 aliphatic rings. The maximum absolute atomic E-state index is 6.16. The Kier molecular flexibility index (Phi) is 3.33. The van der Waals surface area contributed by atoms with E-state index in [2.05, 4.69) is 5.32 Å². The average Bonchev–Trinajstić information content (AvgIpc) is 3.05. The molecular weight excluding hydrogens is 269 g/mol. The van der Waals surface area contributed by atoms with Crippen LogP contribution in [0.3, 0.4) is 0 Å². The van der Waals surface area contributed by atoms with Gasteiger partial charge in [0.25, 0.3) is 0 Å². The Morgan fingerprint density at radius 3 is 2.72 bits per heavy atom. The first-order valence-electron chi connectivity index (χ1n) is 6.10. The quantitative estimate of drug-likeness (QED) is 0.914. The Morgan fingerprint density at radius 1 is 1.17 bits per heavy atom. The molecule has 4 heteroatoms. The third-order valence-corrected chi connectivity index (χ3v) is 3.68. The minimum Gasteiger partial charge on any atom is -0.455 e. The fourth-order valence-corrected chi connectivity index (χ4v) is 2.44. The zero-order valence-corrected chi connectivity index (χ0v) is 11.3. The summed E-state index contributed by atoms with van der Waals surface area (Å²) in [5, 5.41) is 3.58. The maximum Gasteiger partial charge on any atom is 0.158 e. The lowest BCUT2D eigenvalue weighted by molar-refractivity contribution is -0.685. The lowest BCUT2D eigenvalue weighted by Gasteiger charge is -2.01. The van der Waals surface area contributed by atoms with Crippen molar-refractivity contribution in [2.24, 2.45) is 0 Å². The SMILES string of the molecule is Clc1ccc(-c2ccc(C[NH2+]C3CC3)o2)c(Cl)c1. The topological polar surface area (TPSA) is 29.8 Å². The fourth-order valence-electron chi connectivity index (χ4n) is 1.94. The van der Waals surface area contributed by atoms with Gasteiger partial charge >= 0.3 is 0 Å². The van der Waals surface area contributed by atoms with Crippen LogP contribution in [0.2, 0.25) is 10.0 Å². The van der Waals surface area contributed by atoms with Crippen molar-refractivity contribution in [1.29, 1.82) is 0 Å². The molecule has 0 aliphatic heterocycles. The van der Waals surface area contributed by atoms with Gasteiger partial charge in [-0.25, -0.2) is 0 Å². The van der Waals surface area contributed by atoms with Gasteiger partial charge in [0, 0.05) is 23.4 Å². The number of hydrogen-bond acceptors (Lipinski definition) is 1. The number of rotatable bonds is 4. The molecule has 2 N–H and O–H groups in total. The van der Waals surface area contributed by atoms with Gasteiger partial charge in [-0.2, -0.15) is 0 Å². The Morgan fingerprint density at radius 2 is 2.00 bits per heavy atom. The number of furan rings is 1. The Bertz CT molecular complexity index is 561. The van der Waals surface area contributed by atoms with E-state index in [0.29, 0.717) is 10.0 Å². The van der Waals surface area contributed by atoms with E-state index in [-0.39, 0.29) is 0 Å². The molecule has 1 heterocycles. The molecule has 0 atom stereocenters. The summed E-state index contributed by atoms with van der Waals surface area (Å²) in [6.07, 6.45) is 2.66. The molecule has 1 saturated carbocycles. The molecule has 1 fully saturated rings. The third-order valence-electron chi connectivity index (χ3n) is 3.13. The molecule has 94 valence electrons. The highest BCUT2D eigenvalue weighted by Gasteiger charge is 2.25. The fraction of sp³-hybridized carbons (Fsp3) is 0.286. The van der Waals surface area contributed by atoms with E-state index in [1.165, 1.54) is 12.8 Å². The molecule has 3 rings (SSSR count). The summed E-state index contributed by atoms with van der Waals surface area (Å²) in [6.45, 7) is 0.899. The number of benzene rings is 1. The largest absolute Gasteiger partial charge is 0.455 e. The van der Waals surface area contributed by atoms with Crippen molar-refractivity contribution in [3.05, 3.63) is 46.1 Å². The van der Waals surface area contributed by atoms with E-state index in [4.69, 9.17) is 27.6 Å². The van der Waals surface area contributed by atoms with Gasteiger partial charge in [0.1, 0.15) is 12.3 Å². The second-order valence-electron chi connectivity index (χ2n) is 4.67. The Labute approximate surface area is 116 Å². The van der Waals surface area contributed by atoms with Crippen molar-refractivity contribution < 1.29 is 9.73 Å². The van der Waals surface area contributed by atoms with Crippen LogP contribution in [0.1, 0.15) is 18.6 Å². The molecule has 0 saturated heterocycles. The normalized spacial score (nSPS) is 15.0. The second kappa shape index (κ2) is 4.96. The molecule has 1 aromatic heterocycles. The van der Waals surface area contributed by atoms with Crippen LogP contribution in [0.5, 0.6) is 0 Å². The zero-order valence-electron chi connectivity index (χ0n) is 9.83. The highest BCUT2D eigenvalue weighted by Crippen LogP contribution is 2.31. The van der Waals surface area contributed by atoms with Crippen molar-refractivity contribution >= 4 is 23.2 Å². The van der Waals surface area contributed by atoms with Crippen LogP contribution >= 0.6 is 23.2 Å². The standard InChI is InChI=1S/C14H13Cl2NO/c15-9-1-5-12(13(16)7-9)14-6-4-11(18-14)8-17-10-2-3-10/h1,4-7,10,17H,2-3,8H2/p+1. The minimum atomic E-state index is 0.620. The smallest absolute Gasteiger partial charge is 0.158 e. The van der Waals surface area contributed by atoms with Crippen LogP contribution in [0.25, 0.3) is 11.3 Å². The zero-order chi connectivity index (χ0) is 12.5. The summed E-state index contributed by atoms with van der Waals surface area (Å²) in [5.74, 6) is 1.79. The predicted molar refractivity (Wildman–Crippen MR) is 72.8 cm³/mol. The molecule has 1 aromatic carbocycles. The van der Waals surface area contributed by atoms with Gasteiger partial charge < -0.3 is 9.73 Å². The minimum absolute atomic E-state index is 0.620. The van der Waals surface area contributed by atoms with E-state index in [9.17, 15) is 0 Å². The molecule has 0 spiro atoms. The summed E-state index contributed by atoms with van der Waals surface area (Å²) in [5.41, 5.74) is 0.888. The summed E-state index contributed by atoms with van der Waals surface area (Å²) < 4.78 is 5.81. The second-order valence-corrected chi connectivity index (χ2v) is 5.51. The molecule has 0 amide bonds.